The van der Waals surface area contributed by atoms with Crippen molar-refractivity contribution < 1.29 is 13.5 Å². The third-order valence-corrected chi connectivity index (χ3v) is 6.87. The van der Waals surface area contributed by atoms with E-state index in [4.69, 9.17) is 22.4 Å². The second-order valence-corrected chi connectivity index (χ2v) is 10.1. The molecule has 2 atom stereocenters. The number of nitrogens with two attached hydrogens (primary N) is 1. The van der Waals surface area contributed by atoms with Crippen molar-refractivity contribution in [1.29, 1.82) is 5.26 Å². The summed E-state index contributed by atoms with van der Waals surface area (Å²) in [5.41, 5.74) is 7.57. The average molecular weight is 457 g/mol. The van der Waals surface area contributed by atoms with Crippen LogP contribution in [-0.4, -0.2) is 57.9 Å². The number of sulfonamides is 1. The van der Waals surface area contributed by atoms with Gasteiger partial charge in [-0.2, -0.15) is 9.57 Å². The Kier molecular flexibility index (Phi) is 8.05. The summed E-state index contributed by atoms with van der Waals surface area (Å²) in [5, 5.41) is 23.1. The van der Waals surface area contributed by atoms with E-state index in [1.807, 2.05) is 0 Å². The number of hydrogen-bond donors (Lipinski definition) is 2. The monoisotopic (exact) mass is 456 g/mol. The van der Waals surface area contributed by atoms with Gasteiger partial charge < -0.3 is 10.8 Å². The second-order valence-electron chi connectivity index (χ2n) is 7.78. The molecule has 3 rings (SSSR count). The van der Waals surface area contributed by atoms with Crippen molar-refractivity contribution in [2.24, 2.45) is 5.92 Å². The smallest absolute Gasteiger partial charge is 0.238 e. The lowest BCUT2D eigenvalue weighted by molar-refractivity contribution is 0.108. The lowest BCUT2D eigenvalue weighted by atomic mass is 9.88. The standard InChI is InChI=1S/C13H16ClN5.C6H13NO3S/c1-4-8(7(2)3)12-9(5-15)11(14)10-6-17-13(16)18-19(10)12;1-11(9,10)7-4-2-3-6(8)5-7/h6-8H,4H2,1-3H3,(H2,16,18);6,8H,2-5H2,1H3. The molecule has 2 aromatic heterocycles. The largest absolute Gasteiger partial charge is 0.392 e. The Hall–Kier alpha value is -1.93. The van der Waals surface area contributed by atoms with E-state index in [0.29, 0.717) is 35.0 Å². The minimum atomic E-state index is -3.09. The first-order valence-corrected chi connectivity index (χ1v) is 12.1. The molecule has 0 bridgehead atoms. The second kappa shape index (κ2) is 9.92. The summed E-state index contributed by atoms with van der Waals surface area (Å²) in [5.74, 6) is 0.745. The van der Waals surface area contributed by atoms with Gasteiger partial charge in [-0.25, -0.2) is 17.9 Å². The molecular weight excluding hydrogens is 428 g/mol. The number of nitrogen functional groups attached to an aromatic ring is 1. The van der Waals surface area contributed by atoms with Crippen LogP contribution in [0.2, 0.25) is 5.02 Å². The molecule has 2 aromatic rings. The Morgan fingerprint density at radius 2 is 2.13 bits per heavy atom. The first kappa shape index (κ1) is 24.3. The molecule has 1 aliphatic rings. The van der Waals surface area contributed by atoms with Crippen molar-refractivity contribution in [3.8, 4) is 6.07 Å². The van der Waals surface area contributed by atoms with Crippen LogP contribution in [0.25, 0.3) is 5.52 Å². The zero-order valence-corrected chi connectivity index (χ0v) is 19.3. The van der Waals surface area contributed by atoms with Crippen molar-refractivity contribution in [2.45, 2.75) is 52.1 Å². The molecule has 3 heterocycles. The maximum absolute atomic E-state index is 10.9. The number of anilines is 1. The SMILES string of the molecule is CCC(c1c(C#N)c(Cl)c2cnc(N)nn12)C(C)C.CS(=O)(=O)N1CCCC(O)C1. The van der Waals surface area contributed by atoms with E-state index < -0.39 is 16.1 Å². The molecule has 1 fully saturated rings. The van der Waals surface area contributed by atoms with E-state index in [1.165, 1.54) is 10.6 Å². The molecule has 1 saturated heterocycles. The van der Waals surface area contributed by atoms with Crippen LogP contribution < -0.4 is 5.73 Å². The normalized spacial score (nSPS) is 18.7. The Bertz CT molecular complexity index is 1030. The van der Waals surface area contributed by atoms with Crippen LogP contribution in [0.4, 0.5) is 5.95 Å². The average Bonchev–Trinajstić information content (AvgIpc) is 2.93. The van der Waals surface area contributed by atoms with Gasteiger partial charge >= 0.3 is 0 Å². The van der Waals surface area contributed by atoms with Gasteiger partial charge in [-0.1, -0.05) is 32.4 Å². The first-order chi connectivity index (χ1) is 14.0. The summed E-state index contributed by atoms with van der Waals surface area (Å²) in [4.78, 5) is 3.94. The third-order valence-electron chi connectivity index (χ3n) is 5.21. The summed E-state index contributed by atoms with van der Waals surface area (Å²) >= 11 is 6.26. The molecule has 2 unspecified atom stereocenters. The fourth-order valence-corrected chi connectivity index (χ4v) is 4.87. The quantitative estimate of drug-likeness (QED) is 0.720. The maximum atomic E-state index is 10.9. The number of rotatable bonds is 4. The summed E-state index contributed by atoms with van der Waals surface area (Å²) < 4.78 is 24.9. The van der Waals surface area contributed by atoms with Crippen LogP contribution in [0.3, 0.4) is 0 Å². The van der Waals surface area contributed by atoms with Crippen molar-refractivity contribution >= 4 is 33.1 Å². The molecule has 0 aromatic carbocycles. The molecule has 9 nitrogen and oxygen atoms in total. The van der Waals surface area contributed by atoms with E-state index in [0.717, 1.165) is 18.5 Å². The van der Waals surface area contributed by atoms with Gasteiger partial charge in [0.25, 0.3) is 0 Å². The number of aliphatic hydroxyl groups is 1. The number of β-amino-alcohol motifs (C(OH)–C–C–N with tert-alkyl or cyclic N) is 1. The number of piperidine rings is 1. The van der Waals surface area contributed by atoms with E-state index in [1.54, 1.807) is 10.7 Å². The molecular formula is C19H29ClN6O3S. The highest BCUT2D eigenvalue weighted by molar-refractivity contribution is 7.88. The van der Waals surface area contributed by atoms with E-state index >= 15 is 0 Å². The van der Waals surface area contributed by atoms with Gasteiger partial charge in [-0.15, -0.1) is 5.10 Å². The van der Waals surface area contributed by atoms with E-state index in [9.17, 15) is 13.7 Å². The maximum Gasteiger partial charge on any atom is 0.238 e. The molecule has 30 heavy (non-hydrogen) atoms. The van der Waals surface area contributed by atoms with Crippen molar-refractivity contribution in [2.75, 3.05) is 25.1 Å². The minimum absolute atomic E-state index is 0.170. The Balaban J connectivity index is 0.000000248. The van der Waals surface area contributed by atoms with Crippen molar-refractivity contribution in [1.82, 2.24) is 18.9 Å². The van der Waals surface area contributed by atoms with Crippen molar-refractivity contribution in [3.05, 3.63) is 22.5 Å². The number of aromatic nitrogens is 3. The van der Waals surface area contributed by atoms with Gasteiger partial charge in [0, 0.05) is 19.0 Å². The predicted octanol–water partition coefficient (Wildman–Crippen LogP) is 2.39. The molecule has 0 amide bonds. The third kappa shape index (κ3) is 5.40. The lowest BCUT2D eigenvalue weighted by Crippen LogP contribution is -2.41. The van der Waals surface area contributed by atoms with Gasteiger partial charge in [0.2, 0.25) is 16.0 Å². The van der Waals surface area contributed by atoms with Gasteiger partial charge in [-0.3, -0.25) is 0 Å². The molecule has 0 saturated carbocycles. The van der Waals surface area contributed by atoms with Crippen LogP contribution in [-0.2, 0) is 10.0 Å². The fraction of sp³-hybridized carbons (Fsp3) is 0.632. The summed E-state index contributed by atoms with van der Waals surface area (Å²) in [6.45, 7) is 7.14. The molecule has 166 valence electrons. The van der Waals surface area contributed by atoms with Crippen molar-refractivity contribution in [3.63, 3.8) is 0 Å². The summed E-state index contributed by atoms with van der Waals surface area (Å²) in [6.07, 6.45) is 4.63. The van der Waals surface area contributed by atoms with Gasteiger partial charge in [-0.05, 0) is 25.2 Å². The van der Waals surface area contributed by atoms with Gasteiger partial charge in [0.15, 0.2) is 0 Å². The number of halogens is 1. The first-order valence-electron chi connectivity index (χ1n) is 9.87. The van der Waals surface area contributed by atoms with Gasteiger partial charge in [0.05, 0.1) is 34.8 Å². The predicted molar refractivity (Wildman–Crippen MR) is 117 cm³/mol. The van der Waals surface area contributed by atoms with Crippen LogP contribution in [0.5, 0.6) is 0 Å². The van der Waals surface area contributed by atoms with E-state index in [2.05, 4.69) is 36.9 Å². The molecule has 0 radical (unpaired) electrons. The van der Waals surface area contributed by atoms with Crippen LogP contribution in [0.1, 0.15) is 57.2 Å². The summed E-state index contributed by atoms with van der Waals surface area (Å²) in [7, 11) is -3.09. The molecule has 11 heteroatoms. The molecule has 0 aliphatic carbocycles. The molecule has 3 N–H and O–H groups in total. The van der Waals surface area contributed by atoms with Gasteiger partial charge in [0.1, 0.15) is 11.6 Å². The number of aliphatic hydroxyl groups excluding tert-OH is 1. The highest BCUT2D eigenvalue weighted by Crippen LogP contribution is 2.36. The van der Waals surface area contributed by atoms with E-state index in [-0.39, 0.29) is 18.4 Å². The minimum Gasteiger partial charge on any atom is -0.392 e. The Morgan fingerprint density at radius 1 is 1.47 bits per heavy atom. The topological polar surface area (TPSA) is 138 Å². The zero-order valence-electron chi connectivity index (χ0n) is 17.7. The zero-order chi connectivity index (χ0) is 22.6. The number of nitriles is 1. The van der Waals surface area contributed by atoms with Crippen LogP contribution >= 0.6 is 11.6 Å². The molecule has 0 spiro atoms. The van der Waals surface area contributed by atoms with Crippen LogP contribution in [0.15, 0.2) is 6.20 Å². The number of fused-ring (bicyclic) bond motifs is 1. The number of nitrogens with zero attached hydrogens (tertiary/aromatic N) is 5. The lowest BCUT2D eigenvalue weighted by Gasteiger charge is -2.27. The number of hydrogen-bond acceptors (Lipinski definition) is 7. The summed E-state index contributed by atoms with van der Waals surface area (Å²) in [6, 6.07) is 2.18. The Labute approximate surface area is 182 Å². The Morgan fingerprint density at radius 3 is 2.60 bits per heavy atom. The highest BCUT2D eigenvalue weighted by atomic mass is 35.5. The molecule has 1 aliphatic heterocycles. The fourth-order valence-electron chi connectivity index (χ4n) is 3.70. The van der Waals surface area contributed by atoms with Crippen LogP contribution in [0, 0.1) is 17.2 Å². The highest BCUT2D eigenvalue weighted by Gasteiger charge is 2.26.